The number of rotatable bonds is 7. The standard InChI is InChI=1S/C18H18N2O6/c1-12-7-8-15(20(24)25)9-14(12)10-16(17(21)22)19-18(23)26-11-13-5-3-2-4-6-13/h2-9,16H,10-11H2,1H3,(H,19,23)(H,21,22). The van der Waals surface area contributed by atoms with Gasteiger partial charge in [-0.05, 0) is 23.6 Å². The van der Waals surface area contributed by atoms with Gasteiger partial charge in [0.1, 0.15) is 12.6 Å². The molecule has 8 nitrogen and oxygen atoms in total. The van der Waals surface area contributed by atoms with E-state index in [1.54, 1.807) is 37.3 Å². The van der Waals surface area contributed by atoms with Gasteiger partial charge in [-0.15, -0.1) is 0 Å². The number of benzene rings is 2. The number of aryl methyl sites for hydroxylation is 1. The van der Waals surface area contributed by atoms with Crippen LogP contribution in [0.25, 0.3) is 0 Å². The van der Waals surface area contributed by atoms with Gasteiger partial charge < -0.3 is 15.2 Å². The van der Waals surface area contributed by atoms with Crippen LogP contribution in [-0.4, -0.2) is 28.1 Å². The Hall–Kier alpha value is -3.42. The molecule has 0 bridgehead atoms. The molecule has 1 amide bonds. The normalized spacial score (nSPS) is 11.4. The molecule has 1 unspecified atom stereocenters. The van der Waals surface area contributed by atoms with Crippen LogP contribution in [0.15, 0.2) is 48.5 Å². The zero-order valence-corrected chi connectivity index (χ0v) is 14.0. The molecular formula is C18H18N2O6. The molecule has 0 heterocycles. The fourth-order valence-corrected chi connectivity index (χ4v) is 2.32. The van der Waals surface area contributed by atoms with Gasteiger partial charge in [-0.3, -0.25) is 10.1 Å². The molecule has 26 heavy (non-hydrogen) atoms. The van der Waals surface area contributed by atoms with E-state index in [0.717, 1.165) is 5.56 Å². The van der Waals surface area contributed by atoms with E-state index in [2.05, 4.69) is 5.32 Å². The van der Waals surface area contributed by atoms with Gasteiger partial charge in [0.05, 0.1) is 4.92 Å². The van der Waals surface area contributed by atoms with E-state index >= 15 is 0 Å². The van der Waals surface area contributed by atoms with Gasteiger partial charge in [-0.2, -0.15) is 0 Å². The molecule has 136 valence electrons. The molecule has 0 aliphatic carbocycles. The lowest BCUT2D eigenvalue weighted by Crippen LogP contribution is -2.42. The third kappa shape index (κ3) is 5.30. The lowest BCUT2D eigenvalue weighted by Gasteiger charge is -2.16. The smallest absolute Gasteiger partial charge is 0.408 e. The maximum atomic E-state index is 11.9. The minimum atomic E-state index is -1.26. The van der Waals surface area contributed by atoms with Crippen LogP contribution in [0.4, 0.5) is 10.5 Å². The number of carbonyl (C=O) groups excluding carboxylic acids is 1. The molecule has 0 aromatic heterocycles. The summed E-state index contributed by atoms with van der Waals surface area (Å²) in [5.74, 6) is -1.26. The van der Waals surface area contributed by atoms with Gasteiger partial charge in [-0.1, -0.05) is 36.4 Å². The maximum absolute atomic E-state index is 11.9. The fraction of sp³-hybridized carbons (Fsp3) is 0.222. The van der Waals surface area contributed by atoms with Crippen molar-refractivity contribution in [3.8, 4) is 0 Å². The van der Waals surface area contributed by atoms with Gasteiger partial charge in [0.15, 0.2) is 0 Å². The van der Waals surface area contributed by atoms with Crippen molar-refractivity contribution in [3.63, 3.8) is 0 Å². The molecule has 2 aromatic rings. The van der Waals surface area contributed by atoms with E-state index in [4.69, 9.17) is 4.74 Å². The number of alkyl carbamates (subject to hydrolysis) is 1. The molecule has 0 radical (unpaired) electrons. The number of nitro groups is 1. The summed E-state index contributed by atoms with van der Waals surface area (Å²) < 4.78 is 5.02. The summed E-state index contributed by atoms with van der Waals surface area (Å²) in [6.07, 6.45) is -0.965. The molecule has 1 atom stereocenters. The number of ether oxygens (including phenoxy) is 1. The molecule has 0 fully saturated rings. The molecule has 2 rings (SSSR count). The minimum Gasteiger partial charge on any atom is -0.480 e. The third-order valence-electron chi connectivity index (χ3n) is 3.77. The number of non-ortho nitro benzene ring substituents is 1. The Balaban J connectivity index is 2.02. The zero-order chi connectivity index (χ0) is 19.1. The first-order chi connectivity index (χ1) is 12.4. The van der Waals surface area contributed by atoms with Gasteiger partial charge >= 0.3 is 12.1 Å². The third-order valence-corrected chi connectivity index (χ3v) is 3.77. The minimum absolute atomic E-state index is 0.00878. The second-order valence-electron chi connectivity index (χ2n) is 5.67. The number of carbonyl (C=O) groups is 2. The predicted octanol–water partition coefficient (Wildman–Crippen LogP) is 2.83. The molecule has 0 aliphatic heterocycles. The first-order valence-electron chi connectivity index (χ1n) is 7.80. The predicted molar refractivity (Wildman–Crippen MR) is 92.7 cm³/mol. The largest absolute Gasteiger partial charge is 0.480 e. The van der Waals surface area contributed by atoms with Crippen molar-refractivity contribution in [1.29, 1.82) is 0 Å². The highest BCUT2D eigenvalue weighted by atomic mass is 16.6. The first-order valence-corrected chi connectivity index (χ1v) is 7.80. The number of amides is 1. The van der Waals surface area contributed by atoms with Gasteiger partial charge in [0.25, 0.3) is 5.69 Å². The number of hydrogen-bond acceptors (Lipinski definition) is 5. The number of nitrogens with one attached hydrogen (secondary N) is 1. The lowest BCUT2D eigenvalue weighted by molar-refractivity contribution is -0.384. The summed E-state index contributed by atoms with van der Waals surface area (Å²) in [6.45, 7) is 1.72. The Morgan fingerprint density at radius 3 is 2.54 bits per heavy atom. The molecule has 0 saturated heterocycles. The van der Waals surface area contributed by atoms with Crippen LogP contribution in [0.5, 0.6) is 0 Å². The monoisotopic (exact) mass is 358 g/mol. The second kappa shape index (κ2) is 8.61. The molecular weight excluding hydrogens is 340 g/mol. The first kappa shape index (κ1) is 18.9. The van der Waals surface area contributed by atoms with E-state index in [0.29, 0.717) is 11.1 Å². The Morgan fingerprint density at radius 2 is 1.92 bits per heavy atom. The van der Waals surface area contributed by atoms with Crippen molar-refractivity contribution in [2.75, 3.05) is 0 Å². The van der Waals surface area contributed by atoms with Crippen molar-refractivity contribution < 1.29 is 24.4 Å². The van der Waals surface area contributed by atoms with Crippen LogP contribution in [0.1, 0.15) is 16.7 Å². The van der Waals surface area contributed by atoms with Crippen molar-refractivity contribution in [2.24, 2.45) is 0 Å². The number of carboxylic acid groups (broad SMARTS) is 1. The highest BCUT2D eigenvalue weighted by Crippen LogP contribution is 2.19. The molecule has 0 aliphatic rings. The van der Waals surface area contributed by atoms with Crippen LogP contribution in [-0.2, 0) is 22.6 Å². The van der Waals surface area contributed by atoms with Crippen LogP contribution in [0.2, 0.25) is 0 Å². The second-order valence-corrected chi connectivity index (χ2v) is 5.67. The summed E-state index contributed by atoms with van der Waals surface area (Å²) in [6, 6.07) is 11.9. The van der Waals surface area contributed by atoms with E-state index in [1.165, 1.54) is 12.1 Å². The van der Waals surface area contributed by atoms with Crippen molar-refractivity contribution in [2.45, 2.75) is 26.0 Å². The van der Waals surface area contributed by atoms with Crippen LogP contribution in [0.3, 0.4) is 0 Å². The van der Waals surface area contributed by atoms with Crippen molar-refractivity contribution >= 4 is 17.7 Å². The summed E-state index contributed by atoms with van der Waals surface area (Å²) in [4.78, 5) is 33.6. The number of nitrogens with zero attached hydrogens (tertiary/aromatic N) is 1. The summed E-state index contributed by atoms with van der Waals surface area (Å²) in [5, 5.41) is 22.5. The summed E-state index contributed by atoms with van der Waals surface area (Å²) in [5.41, 5.74) is 1.79. The van der Waals surface area contributed by atoms with Crippen molar-refractivity contribution in [3.05, 3.63) is 75.3 Å². The average molecular weight is 358 g/mol. The highest BCUT2D eigenvalue weighted by Gasteiger charge is 2.23. The van der Waals surface area contributed by atoms with Crippen LogP contribution >= 0.6 is 0 Å². The summed E-state index contributed by atoms with van der Waals surface area (Å²) in [7, 11) is 0. The van der Waals surface area contributed by atoms with Gasteiger partial charge in [0.2, 0.25) is 0 Å². The Labute approximate surface area is 149 Å². The highest BCUT2D eigenvalue weighted by molar-refractivity contribution is 5.80. The fourth-order valence-electron chi connectivity index (χ4n) is 2.32. The molecule has 2 N–H and O–H groups in total. The van der Waals surface area contributed by atoms with Gasteiger partial charge in [0, 0.05) is 18.6 Å². The number of aliphatic carboxylic acids is 1. The SMILES string of the molecule is Cc1ccc([N+](=O)[O-])cc1CC(NC(=O)OCc1ccccc1)C(=O)O. The van der Waals surface area contributed by atoms with Gasteiger partial charge in [-0.25, -0.2) is 9.59 Å². The number of nitro benzene ring substituents is 1. The van der Waals surface area contributed by atoms with E-state index in [1.807, 2.05) is 6.07 Å². The lowest BCUT2D eigenvalue weighted by atomic mass is 10.0. The summed E-state index contributed by atoms with van der Waals surface area (Å²) >= 11 is 0. The Kier molecular flexibility index (Phi) is 6.26. The van der Waals surface area contributed by atoms with Crippen LogP contribution in [0, 0.1) is 17.0 Å². The molecule has 0 spiro atoms. The molecule has 0 saturated carbocycles. The zero-order valence-electron chi connectivity index (χ0n) is 14.0. The molecule has 8 heteroatoms. The maximum Gasteiger partial charge on any atom is 0.408 e. The number of carboxylic acids is 1. The average Bonchev–Trinajstić information content (AvgIpc) is 2.61. The van der Waals surface area contributed by atoms with E-state index < -0.39 is 23.0 Å². The Morgan fingerprint density at radius 1 is 1.23 bits per heavy atom. The number of hydrogen-bond donors (Lipinski definition) is 2. The van der Waals surface area contributed by atoms with Crippen molar-refractivity contribution in [1.82, 2.24) is 5.32 Å². The quantitative estimate of drug-likeness (QED) is 0.580. The Bertz CT molecular complexity index is 807. The van der Waals surface area contributed by atoms with E-state index in [-0.39, 0.29) is 18.7 Å². The van der Waals surface area contributed by atoms with E-state index in [9.17, 15) is 24.8 Å². The topological polar surface area (TPSA) is 119 Å². The molecule has 2 aromatic carbocycles. The van der Waals surface area contributed by atoms with Crippen LogP contribution < -0.4 is 5.32 Å².